The van der Waals surface area contributed by atoms with E-state index in [4.69, 9.17) is 0 Å². The molecule has 24 heavy (non-hydrogen) atoms. The van der Waals surface area contributed by atoms with Gasteiger partial charge in [-0.3, -0.25) is 0 Å². The summed E-state index contributed by atoms with van der Waals surface area (Å²) in [4.78, 5) is 12.7. The zero-order chi connectivity index (χ0) is 17.2. The lowest BCUT2D eigenvalue weighted by molar-refractivity contribution is 0.144. The summed E-state index contributed by atoms with van der Waals surface area (Å²) < 4.78 is 0. The Morgan fingerprint density at radius 2 is 1.67 bits per heavy atom. The Bertz CT molecular complexity index is 725. The number of nitrogens with one attached hydrogen (secondary N) is 1. The van der Waals surface area contributed by atoms with Crippen molar-refractivity contribution in [1.29, 1.82) is 0 Å². The number of amides is 2. The minimum Gasteiger partial charge on any atom is -0.330 e. The van der Waals surface area contributed by atoms with E-state index in [0.29, 0.717) is 0 Å². The van der Waals surface area contributed by atoms with E-state index >= 15 is 0 Å². The van der Waals surface area contributed by atoms with Crippen LogP contribution >= 0.6 is 0 Å². The number of hydrogen-bond donors (Lipinski definition) is 1. The number of benzene rings is 2. The summed E-state index contributed by atoms with van der Waals surface area (Å²) in [5, 5.41) is 8.99. The number of carbonyl (C=O) groups excluding carboxylic acids is 1. The van der Waals surface area contributed by atoms with Crippen molar-refractivity contribution in [3.05, 3.63) is 71.8 Å². The van der Waals surface area contributed by atoms with Crippen LogP contribution in [0.4, 0.5) is 4.79 Å². The lowest BCUT2D eigenvalue weighted by Crippen LogP contribution is -2.49. The van der Waals surface area contributed by atoms with Crippen LogP contribution < -0.4 is 5.32 Å². The van der Waals surface area contributed by atoms with Crippen molar-refractivity contribution in [2.75, 3.05) is 0 Å². The first-order valence-corrected chi connectivity index (χ1v) is 8.25. The molecule has 0 bridgehead atoms. The molecule has 1 N–H and O–H groups in total. The second-order valence-electron chi connectivity index (χ2n) is 6.70. The first-order chi connectivity index (χ1) is 11.5. The number of urea groups is 1. The topological polar surface area (TPSA) is 44.7 Å². The molecule has 0 spiro atoms. The highest BCUT2D eigenvalue weighted by molar-refractivity contribution is 5.82. The van der Waals surface area contributed by atoms with Gasteiger partial charge in [-0.25, -0.2) is 9.80 Å². The Labute approximate surface area is 143 Å². The Morgan fingerprint density at radius 3 is 2.29 bits per heavy atom. The Balaban J connectivity index is 1.73. The van der Waals surface area contributed by atoms with Crippen LogP contribution in [0, 0.1) is 0 Å². The highest BCUT2D eigenvalue weighted by atomic mass is 16.2. The van der Waals surface area contributed by atoms with Crippen LogP contribution in [0.3, 0.4) is 0 Å². The molecule has 1 heterocycles. The minimum atomic E-state index is -0.415. The number of hydrogen-bond acceptors (Lipinski definition) is 2. The molecule has 4 nitrogen and oxygen atoms in total. The number of nitrogens with zero attached hydrogens (tertiary/aromatic N) is 2. The van der Waals surface area contributed by atoms with E-state index in [1.54, 1.807) is 5.01 Å². The molecule has 0 fully saturated rings. The molecule has 2 unspecified atom stereocenters. The number of rotatable bonds is 3. The minimum absolute atomic E-state index is 0.0690. The molecule has 0 saturated heterocycles. The summed E-state index contributed by atoms with van der Waals surface area (Å²) in [6.45, 7) is 6.07. The van der Waals surface area contributed by atoms with E-state index in [2.05, 4.69) is 22.6 Å². The molecule has 3 rings (SSSR count). The molecular formula is C20H23N3O. The van der Waals surface area contributed by atoms with Gasteiger partial charge in [-0.2, -0.15) is 5.10 Å². The van der Waals surface area contributed by atoms with Crippen molar-refractivity contribution in [3.63, 3.8) is 0 Å². The van der Waals surface area contributed by atoms with Crippen molar-refractivity contribution in [2.24, 2.45) is 5.10 Å². The van der Waals surface area contributed by atoms with Gasteiger partial charge >= 0.3 is 6.03 Å². The molecule has 0 aromatic heterocycles. The summed E-state index contributed by atoms with van der Waals surface area (Å²) in [7, 11) is 0. The third kappa shape index (κ3) is 3.04. The fourth-order valence-electron chi connectivity index (χ4n) is 3.14. The lowest BCUT2D eigenvalue weighted by Gasteiger charge is -2.34. The lowest BCUT2D eigenvalue weighted by atomic mass is 9.83. The maximum absolute atomic E-state index is 12.7. The van der Waals surface area contributed by atoms with Gasteiger partial charge in [0.2, 0.25) is 0 Å². The molecule has 2 amide bonds. The van der Waals surface area contributed by atoms with Gasteiger partial charge in [0.1, 0.15) is 0 Å². The number of hydrazone groups is 1. The van der Waals surface area contributed by atoms with Gasteiger partial charge < -0.3 is 5.32 Å². The van der Waals surface area contributed by atoms with Crippen molar-refractivity contribution < 1.29 is 4.79 Å². The van der Waals surface area contributed by atoms with E-state index in [1.165, 1.54) is 0 Å². The summed E-state index contributed by atoms with van der Waals surface area (Å²) in [6, 6.07) is 19.9. The van der Waals surface area contributed by atoms with Crippen molar-refractivity contribution in [2.45, 2.75) is 38.3 Å². The standard InChI is InChI=1S/C20H23N3O/c1-15(16-10-6-4-7-11-16)22-19(24)23-20(2,3)18(14-21-23)17-12-8-5-9-13-17/h4-15,18H,1-3H3,(H,22,24). The van der Waals surface area contributed by atoms with E-state index in [0.717, 1.165) is 11.1 Å². The van der Waals surface area contributed by atoms with Crippen LogP contribution in [0.25, 0.3) is 0 Å². The molecule has 0 aliphatic carbocycles. The Hall–Kier alpha value is -2.62. The molecule has 2 atom stereocenters. The predicted octanol–water partition coefficient (Wildman–Crippen LogP) is 4.32. The fourth-order valence-corrected chi connectivity index (χ4v) is 3.14. The van der Waals surface area contributed by atoms with Crippen molar-refractivity contribution in [1.82, 2.24) is 10.3 Å². The first-order valence-electron chi connectivity index (χ1n) is 8.25. The second-order valence-corrected chi connectivity index (χ2v) is 6.70. The summed E-state index contributed by atoms with van der Waals surface area (Å²) in [6.07, 6.45) is 1.86. The van der Waals surface area contributed by atoms with Crippen molar-refractivity contribution >= 4 is 12.2 Å². The van der Waals surface area contributed by atoms with E-state index in [1.807, 2.05) is 75.5 Å². The molecule has 1 aliphatic heterocycles. The maximum Gasteiger partial charge on any atom is 0.338 e. The normalized spacial score (nSPS) is 20.0. The van der Waals surface area contributed by atoms with Crippen LogP contribution in [0.1, 0.15) is 43.9 Å². The van der Waals surface area contributed by atoms with Gasteiger partial charge in [0.05, 0.1) is 11.6 Å². The average Bonchev–Trinajstić information content (AvgIpc) is 2.91. The largest absolute Gasteiger partial charge is 0.338 e. The molecule has 0 saturated carbocycles. The second kappa shape index (κ2) is 6.48. The molecular weight excluding hydrogens is 298 g/mol. The summed E-state index contributed by atoms with van der Waals surface area (Å²) in [5.74, 6) is 0.0801. The van der Waals surface area contributed by atoms with Gasteiger partial charge in [0.15, 0.2) is 0 Å². The smallest absolute Gasteiger partial charge is 0.330 e. The first kappa shape index (κ1) is 16.2. The van der Waals surface area contributed by atoms with Crippen LogP contribution in [-0.2, 0) is 0 Å². The molecule has 4 heteroatoms. The highest BCUT2D eigenvalue weighted by Gasteiger charge is 2.43. The maximum atomic E-state index is 12.7. The van der Waals surface area contributed by atoms with E-state index in [-0.39, 0.29) is 18.0 Å². The van der Waals surface area contributed by atoms with Gasteiger partial charge in [-0.15, -0.1) is 0 Å². The molecule has 2 aromatic rings. The monoisotopic (exact) mass is 321 g/mol. The van der Waals surface area contributed by atoms with Crippen molar-refractivity contribution in [3.8, 4) is 0 Å². The van der Waals surface area contributed by atoms with Gasteiger partial charge in [0, 0.05) is 12.1 Å². The summed E-state index contributed by atoms with van der Waals surface area (Å²) >= 11 is 0. The molecule has 1 aliphatic rings. The quantitative estimate of drug-likeness (QED) is 0.899. The summed E-state index contributed by atoms with van der Waals surface area (Å²) in [5.41, 5.74) is 1.83. The fraction of sp³-hybridized carbons (Fsp3) is 0.300. The zero-order valence-corrected chi connectivity index (χ0v) is 14.3. The van der Waals surface area contributed by atoms with Gasteiger partial charge in [0.25, 0.3) is 0 Å². The van der Waals surface area contributed by atoms with Gasteiger partial charge in [-0.1, -0.05) is 60.7 Å². The molecule has 0 radical (unpaired) electrons. The highest BCUT2D eigenvalue weighted by Crippen LogP contribution is 2.36. The third-order valence-corrected chi connectivity index (χ3v) is 4.63. The van der Waals surface area contributed by atoms with Gasteiger partial charge in [-0.05, 0) is 31.9 Å². The third-order valence-electron chi connectivity index (χ3n) is 4.63. The van der Waals surface area contributed by atoms with E-state index in [9.17, 15) is 4.79 Å². The van der Waals surface area contributed by atoms with Crippen LogP contribution in [0.2, 0.25) is 0 Å². The molecule has 2 aromatic carbocycles. The average molecular weight is 321 g/mol. The Kier molecular flexibility index (Phi) is 4.38. The SMILES string of the molecule is CC(NC(=O)N1N=CC(c2ccccc2)C1(C)C)c1ccccc1. The van der Waals surface area contributed by atoms with Crippen LogP contribution in [0.15, 0.2) is 65.8 Å². The van der Waals surface area contributed by atoms with E-state index < -0.39 is 5.54 Å². The Morgan fingerprint density at radius 1 is 1.08 bits per heavy atom. The molecule has 124 valence electrons. The van der Waals surface area contributed by atoms with Crippen LogP contribution in [-0.4, -0.2) is 22.8 Å². The van der Waals surface area contributed by atoms with Crippen LogP contribution in [0.5, 0.6) is 0 Å². The number of carbonyl (C=O) groups is 1. The zero-order valence-electron chi connectivity index (χ0n) is 14.3. The predicted molar refractivity (Wildman–Crippen MR) is 97.0 cm³/mol.